The molecule has 2 rings (SSSR count). The van der Waals surface area contributed by atoms with Gasteiger partial charge in [0.05, 0.1) is 10.2 Å². The molecule has 2 aromatic rings. The second kappa shape index (κ2) is 7.59. The molecule has 0 aliphatic rings. The summed E-state index contributed by atoms with van der Waals surface area (Å²) >= 11 is 3.08. The van der Waals surface area contributed by atoms with Gasteiger partial charge in [0.25, 0.3) is 10.0 Å². The minimum absolute atomic E-state index is 0.0669. The van der Waals surface area contributed by atoms with E-state index in [4.69, 9.17) is 0 Å². The largest absolute Gasteiger partial charge is 0.326 e. The van der Waals surface area contributed by atoms with Crippen molar-refractivity contribution in [3.05, 3.63) is 54.1 Å². The van der Waals surface area contributed by atoms with Crippen molar-refractivity contribution in [2.45, 2.75) is 11.8 Å². The number of alkyl halides is 1. The lowest BCUT2D eigenvalue weighted by Gasteiger charge is -2.09. The van der Waals surface area contributed by atoms with Crippen LogP contribution in [0, 0.1) is 0 Å². The number of ketones is 1. The third-order valence-electron chi connectivity index (χ3n) is 3.07. The Labute approximate surface area is 148 Å². The molecule has 2 N–H and O–H groups in total. The second-order valence-corrected chi connectivity index (χ2v) is 7.19. The van der Waals surface area contributed by atoms with E-state index in [1.807, 2.05) is 0 Å². The van der Waals surface area contributed by atoms with Crippen LogP contribution in [-0.2, 0) is 14.8 Å². The van der Waals surface area contributed by atoms with Gasteiger partial charge in [0, 0.05) is 23.9 Å². The van der Waals surface area contributed by atoms with Crippen molar-refractivity contribution in [1.29, 1.82) is 0 Å². The van der Waals surface area contributed by atoms with Gasteiger partial charge < -0.3 is 5.32 Å². The van der Waals surface area contributed by atoms with Crippen LogP contribution in [0.1, 0.15) is 17.3 Å². The molecular weight excluding hydrogens is 396 g/mol. The zero-order valence-electron chi connectivity index (χ0n) is 12.7. The molecule has 0 saturated carbocycles. The summed E-state index contributed by atoms with van der Waals surface area (Å²) in [6.45, 7) is 1.37. The van der Waals surface area contributed by atoms with Crippen molar-refractivity contribution < 1.29 is 18.0 Å². The average molecular weight is 411 g/mol. The molecule has 2 aromatic carbocycles. The highest BCUT2D eigenvalue weighted by atomic mass is 79.9. The summed E-state index contributed by atoms with van der Waals surface area (Å²) < 4.78 is 27.1. The maximum Gasteiger partial charge on any atom is 0.261 e. The molecule has 1 amide bonds. The molecule has 0 saturated heterocycles. The number of sulfonamides is 1. The van der Waals surface area contributed by atoms with Gasteiger partial charge in [0.2, 0.25) is 5.91 Å². The summed E-state index contributed by atoms with van der Waals surface area (Å²) in [5.41, 5.74) is 1.36. The summed E-state index contributed by atoms with van der Waals surface area (Å²) in [6, 6.07) is 12.0. The summed E-state index contributed by atoms with van der Waals surface area (Å²) in [7, 11) is -3.75. The number of anilines is 2. The lowest BCUT2D eigenvalue weighted by atomic mass is 10.1. The van der Waals surface area contributed by atoms with Crippen LogP contribution >= 0.6 is 15.9 Å². The first kappa shape index (κ1) is 18.2. The van der Waals surface area contributed by atoms with Gasteiger partial charge in [-0.2, -0.15) is 0 Å². The molecule has 0 aliphatic heterocycles. The molecule has 0 radical (unpaired) electrons. The molecule has 24 heavy (non-hydrogen) atoms. The lowest BCUT2D eigenvalue weighted by molar-refractivity contribution is -0.114. The van der Waals surface area contributed by atoms with Gasteiger partial charge in [-0.15, -0.1) is 0 Å². The zero-order chi connectivity index (χ0) is 17.7. The minimum Gasteiger partial charge on any atom is -0.326 e. The predicted molar refractivity (Wildman–Crippen MR) is 96.1 cm³/mol. The van der Waals surface area contributed by atoms with Crippen LogP contribution in [0.4, 0.5) is 11.4 Å². The van der Waals surface area contributed by atoms with Crippen molar-refractivity contribution >= 4 is 49.0 Å². The number of carbonyl (C=O) groups excluding carboxylic acids is 2. The molecule has 0 aliphatic carbocycles. The maximum atomic E-state index is 12.3. The fourth-order valence-electron chi connectivity index (χ4n) is 1.94. The van der Waals surface area contributed by atoms with Crippen molar-refractivity contribution in [3.63, 3.8) is 0 Å². The standard InChI is InChI=1S/C16H15BrN2O4S/c1-11(20)18-13-6-8-15(9-7-13)24(22,23)19-14-4-2-12(3-5-14)16(21)10-17/h2-9,19H,10H2,1H3,(H,18,20). The Bertz CT molecular complexity index is 847. The Balaban J connectivity index is 2.15. The topological polar surface area (TPSA) is 92.3 Å². The summed E-state index contributed by atoms with van der Waals surface area (Å²) in [5.74, 6) is -0.320. The highest BCUT2D eigenvalue weighted by molar-refractivity contribution is 9.09. The number of Topliss-reactive ketones (excluding diaryl/α,β-unsaturated/α-hetero) is 1. The van der Waals surface area contributed by atoms with E-state index in [2.05, 4.69) is 26.0 Å². The van der Waals surface area contributed by atoms with E-state index in [0.717, 1.165) is 0 Å². The van der Waals surface area contributed by atoms with Crippen LogP contribution in [0.5, 0.6) is 0 Å². The zero-order valence-corrected chi connectivity index (χ0v) is 15.1. The van der Waals surface area contributed by atoms with Crippen LogP contribution in [-0.4, -0.2) is 25.4 Å². The molecule has 0 bridgehead atoms. The van der Waals surface area contributed by atoms with E-state index in [1.165, 1.54) is 43.3 Å². The lowest BCUT2D eigenvalue weighted by Crippen LogP contribution is -2.13. The number of hydrogen-bond donors (Lipinski definition) is 2. The number of hydrogen-bond acceptors (Lipinski definition) is 4. The normalized spacial score (nSPS) is 10.9. The van der Waals surface area contributed by atoms with E-state index in [0.29, 0.717) is 16.9 Å². The molecule has 0 atom stereocenters. The number of carbonyl (C=O) groups is 2. The Hall–Kier alpha value is -2.19. The van der Waals surface area contributed by atoms with Crippen molar-refractivity contribution in [1.82, 2.24) is 0 Å². The maximum absolute atomic E-state index is 12.3. The molecule has 0 unspecified atom stereocenters. The van der Waals surface area contributed by atoms with E-state index < -0.39 is 10.0 Å². The Kier molecular flexibility index (Phi) is 5.74. The highest BCUT2D eigenvalue weighted by Gasteiger charge is 2.14. The third-order valence-corrected chi connectivity index (χ3v) is 4.97. The fraction of sp³-hybridized carbons (Fsp3) is 0.125. The summed E-state index contributed by atoms with van der Waals surface area (Å²) in [6.07, 6.45) is 0. The Morgan fingerprint density at radius 1 is 0.958 bits per heavy atom. The smallest absolute Gasteiger partial charge is 0.261 e. The first-order chi connectivity index (χ1) is 11.3. The summed E-state index contributed by atoms with van der Waals surface area (Å²) in [4.78, 5) is 22.6. The monoisotopic (exact) mass is 410 g/mol. The second-order valence-electron chi connectivity index (χ2n) is 4.95. The fourth-order valence-corrected chi connectivity index (χ4v) is 3.32. The van der Waals surface area contributed by atoms with Gasteiger partial charge in [-0.3, -0.25) is 14.3 Å². The Morgan fingerprint density at radius 2 is 1.50 bits per heavy atom. The van der Waals surface area contributed by atoms with Gasteiger partial charge in [-0.1, -0.05) is 15.9 Å². The van der Waals surface area contributed by atoms with Gasteiger partial charge in [0.15, 0.2) is 5.78 Å². The predicted octanol–water partition coefficient (Wildman–Crippen LogP) is 3.02. The SMILES string of the molecule is CC(=O)Nc1ccc(S(=O)(=O)Nc2ccc(C(=O)CBr)cc2)cc1. The molecule has 126 valence electrons. The Morgan fingerprint density at radius 3 is 2.00 bits per heavy atom. The van der Waals surface area contributed by atoms with Crippen LogP contribution in [0.25, 0.3) is 0 Å². The molecule has 0 fully saturated rings. The number of benzene rings is 2. The van der Waals surface area contributed by atoms with E-state index >= 15 is 0 Å². The van der Waals surface area contributed by atoms with Crippen molar-refractivity contribution in [3.8, 4) is 0 Å². The molecule has 6 nitrogen and oxygen atoms in total. The van der Waals surface area contributed by atoms with Gasteiger partial charge in [-0.05, 0) is 48.5 Å². The molecule has 0 aromatic heterocycles. The summed E-state index contributed by atoms with van der Waals surface area (Å²) in [5, 5.41) is 2.77. The van der Waals surface area contributed by atoms with E-state index in [1.54, 1.807) is 12.1 Å². The molecule has 8 heteroatoms. The van der Waals surface area contributed by atoms with E-state index in [9.17, 15) is 18.0 Å². The first-order valence-electron chi connectivity index (χ1n) is 6.91. The quantitative estimate of drug-likeness (QED) is 0.565. The number of nitrogens with one attached hydrogen (secondary N) is 2. The third kappa shape index (κ3) is 4.65. The number of halogens is 1. The first-order valence-corrected chi connectivity index (χ1v) is 9.52. The number of rotatable bonds is 6. The van der Waals surface area contributed by atoms with Crippen molar-refractivity contribution in [2.75, 3.05) is 15.4 Å². The average Bonchev–Trinajstić information content (AvgIpc) is 2.54. The van der Waals surface area contributed by atoms with Crippen LogP contribution in [0.15, 0.2) is 53.4 Å². The number of amides is 1. The van der Waals surface area contributed by atoms with Gasteiger partial charge in [-0.25, -0.2) is 8.42 Å². The van der Waals surface area contributed by atoms with Gasteiger partial charge >= 0.3 is 0 Å². The van der Waals surface area contributed by atoms with Crippen LogP contribution in [0.2, 0.25) is 0 Å². The highest BCUT2D eigenvalue weighted by Crippen LogP contribution is 2.19. The molecular formula is C16H15BrN2O4S. The molecule has 0 heterocycles. The van der Waals surface area contributed by atoms with Gasteiger partial charge in [0.1, 0.15) is 0 Å². The van der Waals surface area contributed by atoms with E-state index in [-0.39, 0.29) is 21.9 Å². The van der Waals surface area contributed by atoms with Crippen molar-refractivity contribution in [2.24, 2.45) is 0 Å². The minimum atomic E-state index is -3.75. The van der Waals surface area contributed by atoms with Crippen LogP contribution in [0.3, 0.4) is 0 Å². The van der Waals surface area contributed by atoms with Crippen LogP contribution < -0.4 is 10.0 Å². The molecule has 0 spiro atoms.